The monoisotopic (exact) mass is 300 g/mol. The van der Waals surface area contributed by atoms with E-state index in [1.54, 1.807) is 11.3 Å². The average Bonchev–Trinajstić information content (AvgIpc) is 2.83. The van der Waals surface area contributed by atoms with Crippen LogP contribution < -0.4 is 11.1 Å². The summed E-state index contributed by atoms with van der Waals surface area (Å²) in [5.41, 5.74) is 10.0. The van der Waals surface area contributed by atoms with Crippen molar-refractivity contribution < 1.29 is 4.79 Å². The molecule has 1 aromatic carbocycles. The lowest BCUT2D eigenvalue weighted by Gasteiger charge is -2.13. The van der Waals surface area contributed by atoms with Crippen LogP contribution in [0.25, 0.3) is 0 Å². The van der Waals surface area contributed by atoms with E-state index in [1.807, 2.05) is 24.3 Å². The molecule has 21 heavy (non-hydrogen) atoms. The molecule has 3 nitrogen and oxygen atoms in total. The minimum Gasteiger partial charge on any atom is -0.390 e. The van der Waals surface area contributed by atoms with Crippen LogP contribution >= 0.6 is 11.3 Å². The molecular weight excluding hydrogens is 280 g/mol. The fourth-order valence-electron chi connectivity index (χ4n) is 2.85. The topological polar surface area (TPSA) is 55.1 Å². The molecular formula is C17H20N2OS. The van der Waals surface area contributed by atoms with Crippen LogP contribution in [0.5, 0.6) is 0 Å². The second-order valence-corrected chi connectivity index (χ2v) is 6.59. The van der Waals surface area contributed by atoms with E-state index in [0.717, 1.165) is 31.4 Å². The summed E-state index contributed by atoms with van der Waals surface area (Å²) in [4.78, 5) is 13.8. The van der Waals surface area contributed by atoms with E-state index in [9.17, 15) is 4.79 Å². The quantitative estimate of drug-likeness (QED) is 0.899. The Labute approximate surface area is 129 Å². The molecule has 110 valence electrons. The molecule has 1 aliphatic rings. The number of hydrogen-bond donors (Lipinski definition) is 2. The van der Waals surface area contributed by atoms with Gasteiger partial charge in [0, 0.05) is 10.6 Å². The Kier molecular flexibility index (Phi) is 3.97. The number of nitrogen functional groups attached to an aromatic ring is 1. The fourth-order valence-corrected chi connectivity index (χ4v) is 4.01. The number of rotatable bonds is 3. The zero-order chi connectivity index (χ0) is 14.8. The minimum atomic E-state index is -0.0730. The van der Waals surface area contributed by atoms with Gasteiger partial charge in [-0.05, 0) is 55.4 Å². The van der Waals surface area contributed by atoms with E-state index >= 15 is 0 Å². The largest absolute Gasteiger partial charge is 0.390 e. The van der Waals surface area contributed by atoms with Crippen LogP contribution in [-0.4, -0.2) is 5.91 Å². The van der Waals surface area contributed by atoms with E-state index in [4.69, 9.17) is 5.73 Å². The van der Waals surface area contributed by atoms with Crippen molar-refractivity contribution in [2.45, 2.75) is 39.0 Å². The molecule has 0 atom stereocenters. The molecule has 1 amide bonds. The molecule has 2 aromatic rings. The van der Waals surface area contributed by atoms with Crippen LogP contribution in [0.15, 0.2) is 24.3 Å². The molecule has 0 radical (unpaired) electrons. The first-order valence-corrected chi connectivity index (χ1v) is 8.31. The Morgan fingerprint density at radius 2 is 1.95 bits per heavy atom. The van der Waals surface area contributed by atoms with Crippen LogP contribution in [-0.2, 0) is 19.3 Å². The highest BCUT2D eigenvalue weighted by Gasteiger charge is 2.24. The normalized spacial score (nSPS) is 13.8. The molecule has 0 bridgehead atoms. The second kappa shape index (κ2) is 5.90. The van der Waals surface area contributed by atoms with Gasteiger partial charge >= 0.3 is 0 Å². The number of thiophene rings is 1. The van der Waals surface area contributed by atoms with Gasteiger partial charge in [-0.15, -0.1) is 11.3 Å². The molecule has 4 heteroatoms. The lowest BCUT2D eigenvalue weighted by molar-refractivity contribution is 0.102. The number of benzene rings is 1. The number of amides is 1. The van der Waals surface area contributed by atoms with Gasteiger partial charge in [-0.25, -0.2) is 0 Å². The van der Waals surface area contributed by atoms with E-state index in [2.05, 4.69) is 12.2 Å². The molecule has 3 rings (SSSR count). The molecule has 1 aromatic heterocycles. The molecule has 3 N–H and O–H groups in total. The Morgan fingerprint density at radius 3 is 2.67 bits per heavy atom. The van der Waals surface area contributed by atoms with Gasteiger partial charge in [0.1, 0.15) is 0 Å². The van der Waals surface area contributed by atoms with Crippen molar-refractivity contribution >= 4 is 27.9 Å². The number of carbonyl (C=O) groups excluding carboxylic acids is 1. The lowest BCUT2D eigenvalue weighted by atomic mass is 9.95. The van der Waals surface area contributed by atoms with Crippen LogP contribution in [0.1, 0.15) is 46.1 Å². The van der Waals surface area contributed by atoms with Crippen LogP contribution in [0.4, 0.5) is 10.7 Å². The van der Waals surface area contributed by atoms with Crippen molar-refractivity contribution in [1.29, 1.82) is 0 Å². The summed E-state index contributed by atoms with van der Waals surface area (Å²) in [5.74, 6) is -0.0730. The summed E-state index contributed by atoms with van der Waals surface area (Å²) in [5, 5.41) is 3.63. The van der Waals surface area contributed by atoms with Gasteiger partial charge in [0.25, 0.3) is 5.91 Å². The molecule has 0 fully saturated rings. The Morgan fingerprint density at radius 1 is 1.24 bits per heavy atom. The van der Waals surface area contributed by atoms with Gasteiger partial charge in [0.05, 0.1) is 10.6 Å². The summed E-state index contributed by atoms with van der Waals surface area (Å²) in [6, 6.07) is 7.99. The average molecular weight is 300 g/mol. The maximum atomic E-state index is 12.5. The standard InChI is InChI=1S/C17H20N2OS/c1-2-11-7-9-12(10-8-11)19-17(20)15-13-5-3-4-6-14(13)21-16(15)18/h7-10H,2-6,18H2,1H3,(H,19,20). The Balaban J connectivity index is 1.83. The zero-order valence-corrected chi connectivity index (χ0v) is 13.1. The smallest absolute Gasteiger partial charge is 0.258 e. The van der Waals surface area contributed by atoms with Crippen LogP contribution in [0, 0.1) is 0 Å². The summed E-state index contributed by atoms with van der Waals surface area (Å²) < 4.78 is 0. The third kappa shape index (κ3) is 2.81. The van der Waals surface area contributed by atoms with Crippen molar-refractivity contribution in [1.82, 2.24) is 0 Å². The second-order valence-electron chi connectivity index (χ2n) is 5.45. The SMILES string of the molecule is CCc1ccc(NC(=O)c2c(N)sc3c2CCCC3)cc1. The number of anilines is 2. The maximum absolute atomic E-state index is 12.5. The highest BCUT2D eigenvalue weighted by Crippen LogP contribution is 2.36. The number of hydrogen-bond acceptors (Lipinski definition) is 3. The molecule has 0 saturated carbocycles. The first-order valence-electron chi connectivity index (χ1n) is 7.49. The van der Waals surface area contributed by atoms with Crippen LogP contribution in [0.3, 0.4) is 0 Å². The van der Waals surface area contributed by atoms with E-state index < -0.39 is 0 Å². The molecule has 1 aliphatic carbocycles. The fraction of sp³-hybridized carbons (Fsp3) is 0.353. The Bertz CT molecular complexity index is 658. The van der Waals surface area contributed by atoms with Crippen molar-refractivity contribution in [2.24, 2.45) is 0 Å². The van der Waals surface area contributed by atoms with Gasteiger partial charge in [-0.3, -0.25) is 4.79 Å². The summed E-state index contributed by atoms with van der Waals surface area (Å²) in [7, 11) is 0. The number of nitrogens with one attached hydrogen (secondary N) is 1. The van der Waals surface area contributed by atoms with E-state index in [-0.39, 0.29) is 5.91 Å². The zero-order valence-electron chi connectivity index (χ0n) is 12.2. The van der Waals surface area contributed by atoms with Crippen molar-refractivity contribution in [3.63, 3.8) is 0 Å². The first-order chi connectivity index (χ1) is 10.2. The minimum absolute atomic E-state index is 0.0730. The van der Waals surface area contributed by atoms with Gasteiger partial charge in [-0.2, -0.15) is 0 Å². The summed E-state index contributed by atoms with van der Waals surface area (Å²) in [6.45, 7) is 2.12. The summed E-state index contributed by atoms with van der Waals surface area (Å²) in [6.07, 6.45) is 5.38. The molecule has 1 heterocycles. The highest BCUT2D eigenvalue weighted by atomic mass is 32.1. The third-order valence-electron chi connectivity index (χ3n) is 4.05. The number of nitrogens with two attached hydrogens (primary N) is 1. The van der Waals surface area contributed by atoms with Crippen molar-refractivity contribution in [2.75, 3.05) is 11.1 Å². The van der Waals surface area contributed by atoms with E-state index in [0.29, 0.717) is 10.6 Å². The van der Waals surface area contributed by atoms with E-state index in [1.165, 1.54) is 22.4 Å². The number of carbonyl (C=O) groups is 1. The molecule has 0 unspecified atom stereocenters. The van der Waals surface area contributed by atoms with Crippen molar-refractivity contribution in [3.8, 4) is 0 Å². The maximum Gasteiger partial charge on any atom is 0.258 e. The Hall–Kier alpha value is -1.81. The van der Waals surface area contributed by atoms with Gasteiger partial charge < -0.3 is 11.1 Å². The lowest BCUT2D eigenvalue weighted by Crippen LogP contribution is -2.15. The predicted octanol–water partition coefficient (Wildman–Crippen LogP) is 4.02. The van der Waals surface area contributed by atoms with Crippen LogP contribution in [0.2, 0.25) is 0 Å². The van der Waals surface area contributed by atoms with Crippen molar-refractivity contribution in [3.05, 3.63) is 45.8 Å². The molecule has 0 saturated heterocycles. The first kappa shape index (κ1) is 14.1. The summed E-state index contributed by atoms with van der Waals surface area (Å²) >= 11 is 1.58. The van der Waals surface area contributed by atoms with Gasteiger partial charge in [0.2, 0.25) is 0 Å². The number of aryl methyl sites for hydroxylation is 2. The van der Waals surface area contributed by atoms with Gasteiger partial charge in [0.15, 0.2) is 0 Å². The molecule has 0 spiro atoms. The molecule has 0 aliphatic heterocycles. The highest BCUT2D eigenvalue weighted by molar-refractivity contribution is 7.16. The third-order valence-corrected chi connectivity index (χ3v) is 5.17. The predicted molar refractivity (Wildman–Crippen MR) is 89.1 cm³/mol. The number of fused-ring (bicyclic) bond motifs is 1. The van der Waals surface area contributed by atoms with Gasteiger partial charge in [-0.1, -0.05) is 19.1 Å².